The van der Waals surface area contributed by atoms with E-state index < -0.39 is 0 Å². The first-order chi connectivity index (χ1) is 9.63. The van der Waals surface area contributed by atoms with Gasteiger partial charge in [0, 0.05) is 11.8 Å². The summed E-state index contributed by atoms with van der Waals surface area (Å²) >= 11 is 0. The van der Waals surface area contributed by atoms with Crippen LogP contribution in [-0.4, -0.2) is 5.78 Å². The SMILES string of the molecule is Cc1ccc(C)c(CC(=O)c2cc3ccccc3o2)c1. The number of benzene rings is 2. The van der Waals surface area contributed by atoms with Crippen LogP contribution in [0.3, 0.4) is 0 Å². The fraction of sp³-hybridized carbons (Fsp3) is 0.167. The van der Waals surface area contributed by atoms with E-state index in [4.69, 9.17) is 4.42 Å². The smallest absolute Gasteiger partial charge is 0.202 e. The number of aryl methyl sites for hydroxylation is 2. The summed E-state index contributed by atoms with van der Waals surface area (Å²) in [5.74, 6) is 0.460. The van der Waals surface area contributed by atoms with Gasteiger partial charge in [0.1, 0.15) is 5.58 Å². The molecule has 100 valence electrons. The molecule has 2 nitrogen and oxygen atoms in total. The van der Waals surface area contributed by atoms with Crippen LogP contribution in [0.2, 0.25) is 0 Å². The van der Waals surface area contributed by atoms with E-state index in [1.165, 1.54) is 5.56 Å². The second kappa shape index (κ2) is 4.97. The Balaban J connectivity index is 1.90. The molecule has 0 N–H and O–H groups in total. The average Bonchev–Trinajstić information content (AvgIpc) is 2.87. The van der Waals surface area contributed by atoms with Crippen LogP contribution in [0.5, 0.6) is 0 Å². The molecule has 0 fully saturated rings. The first kappa shape index (κ1) is 12.7. The van der Waals surface area contributed by atoms with Crippen molar-refractivity contribution in [1.82, 2.24) is 0 Å². The number of rotatable bonds is 3. The monoisotopic (exact) mass is 264 g/mol. The Kier molecular flexibility index (Phi) is 3.15. The lowest BCUT2D eigenvalue weighted by molar-refractivity contribution is 0.0968. The first-order valence-corrected chi connectivity index (χ1v) is 6.71. The fourth-order valence-corrected chi connectivity index (χ4v) is 2.37. The number of hydrogen-bond acceptors (Lipinski definition) is 2. The van der Waals surface area contributed by atoms with Gasteiger partial charge in [0.15, 0.2) is 5.76 Å². The highest BCUT2D eigenvalue weighted by Crippen LogP contribution is 2.21. The number of carbonyl (C=O) groups excluding carboxylic acids is 1. The van der Waals surface area contributed by atoms with E-state index in [2.05, 4.69) is 18.2 Å². The molecule has 3 rings (SSSR count). The Morgan fingerprint density at radius 1 is 1.05 bits per heavy atom. The number of Topliss-reactive ketones (excluding diaryl/α,β-unsaturated/α-hetero) is 1. The third-order valence-electron chi connectivity index (χ3n) is 3.56. The second-order valence-corrected chi connectivity index (χ2v) is 5.18. The number of furan rings is 1. The van der Waals surface area contributed by atoms with Gasteiger partial charge in [-0.05, 0) is 37.1 Å². The molecule has 20 heavy (non-hydrogen) atoms. The number of carbonyl (C=O) groups is 1. The van der Waals surface area contributed by atoms with Crippen molar-refractivity contribution in [2.24, 2.45) is 0 Å². The molecule has 0 spiro atoms. The van der Waals surface area contributed by atoms with Crippen LogP contribution in [0, 0.1) is 13.8 Å². The Morgan fingerprint density at radius 3 is 2.65 bits per heavy atom. The van der Waals surface area contributed by atoms with Gasteiger partial charge in [0.25, 0.3) is 0 Å². The van der Waals surface area contributed by atoms with Crippen LogP contribution < -0.4 is 0 Å². The number of para-hydroxylation sites is 1. The van der Waals surface area contributed by atoms with Crippen molar-refractivity contribution in [2.45, 2.75) is 20.3 Å². The highest BCUT2D eigenvalue weighted by Gasteiger charge is 2.14. The highest BCUT2D eigenvalue weighted by molar-refractivity contribution is 5.98. The van der Waals surface area contributed by atoms with Crippen molar-refractivity contribution < 1.29 is 9.21 Å². The lowest BCUT2D eigenvalue weighted by atomic mass is 10.00. The lowest BCUT2D eigenvalue weighted by Crippen LogP contribution is -2.03. The van der Waals surface area contributed by atoms with Gasteiger partial charge < -0.3 is 4.42 Å². The van der Waals surface area contributed by atoms with Gasteiger partial charge >= 0.3 is 0 Å². The molecule has 2 aromatic carbocycles. The number of fused-ring (bicyclic) bond motifs is 1. The molecule has 0 saturated heterocycles. The summed E-state index contributed by atoms with van der Waals surface area (Å²) in [7, 11) is 0. The molecule has 0 aliphatic rings. The predicted molar refractivity (Wildman–Crippen MR) is 80.2 cm³/mol. The van der Waals surface area contributed by atoms with Gasteiger partial charge in [-0.25, -0.2) is 0 Å². The third-order valence-corrected chi connectivity index (χ3v) is 3.56. The molecule has 3 aromatic rings. The van der Waals surface area contributed by atoms with Crippen LogP contribution in [-0.2, 0) is 6.42 Å². The van der Waals surface area contributed by atoms with E-state index in [0.29, 0.717) is 12.2 Å². The Labute approximate surface area is 118 Å². The van der Waals surface area contributed by atoms with Crippen LogP contribution in [0.4, 0.5) is 0 Å². The molecule has 0 saturated carbocycles. The van der Waals surface area contributed by atoms with Gasteiger partial charge in [-0.2, -0.15) is 0 Å². The van der Waals surface area contributed by atoms with Crippen LogP contribution >= 0.6 is 0 Å². The molecule has 0 unspecified atom stereocenters. The summed E-state index contributed by atoms with van der Waals surface area (Å²) in [5.41, 5.74) is 4.13. The number of hydrogen-bond donors (Lipinski definition) is 0. The Morgan fingerprint density at radius 2 is 1.85 bits per heavy atom. The summed E-state index contributed by atoms with van der Waals surface area (Å²) in [6.45, 7) is 4.06. The molecule has 0 aliphatic carbocycles. The maximum atomic E-state index is 12.4. The molecular weight excluding hydrogens is 248 g/mol. The van der Waals surface area contributed by atoms with E-state index in [0.717, 1.165) is 22.1 Å². The summed E-state index contributed by atoms with van der Waals surface area (Å²) in [6.07, 6.45) is 0.382. The van der Waals surface area contributed by atoms with Crippen molar-refractivity contribution in [1.29, 1.82) is 0 Å². The maximum absolute atomic E-state index is 12.4. The zero-order chi connectivity index (χ0) is 14.1. The summed E-state index contributed by atoms with van der Waals surface area (Å²) in [5, 5.41) is 0.969. The second-order valence-electron chi connectivity index (χ2n) is 5.18. The molecule has 0 bridgehead atoms. The molecular formula is C18H16O2. The largest absolute Gasteiger partial charge is 0.453 e. The predicted octanol–water partition coefficient (Wildman–Crippen LogP) is 4.48. The van der Waals surface area contributed by atoms with Crippen molar-refractivity contribution in [3.63, 3.8) is 0 Å². The molecule has 1 aromatic heterocycles. The zero-order valence-electron chi connectivity index (χ0n) is 11.6. The molecule has 0 amide bonds. The Bertz CT molecular complexity index is 748. The molecule has 0 atom stereocenters. The zero-order valence-corrected chi connectivity index (χ0v) is 11.6. The highest BCUT2D eigenvalue weighted by atomic mass is 16.3. The lowest BCUT2D eigenvalue weighted by Gasteiger charge is -2.05. The van der Waals surface area contributed by atoms with Gasteiger partial charge in [-0.1, -0.05) is 42.0 Å². The molecule has 2 heteroatoms. The van der Waals surface area contributed by atoms with E-state index in [1.807, 2.05) is 44.2 Å². The topological polar surface area (TPSA) is 30.2 Å². The van der Waals surface area contributed by atoms with Crippen molar-refractivity contribution >= 4 is 16.8 Å². The molecule has 1 heterocycles. The quantitative estimate of drug-likeness (QED) is 0.653. The minimum Gasteiger partial charge on any atom is -0.453 e. The van der Waals surface area contributed by atoms with E-state index in [-0.39, 0.29) is 5.78 Å². The standard InChI is InChI=1S/C18H16O2/c1-12-7-8-13(2)15(9-12)10-16(19)18-11-14-5-3-4-6-17(14)20-18/h3-9,11H,10H2,1-2H3. The van der Waals surface area contributed by atoms with Crippen LogP contribution in [0.1, 0.15) is 27.2 Å². The van der Waals surface area contributed by atoms with Gasteiger partial charge in [-0.3, -0.25) is 4.79 Å². The van der Waals surface area contributed by atoms with Crippen LogP contribution in [0.15, 0.2) is 52.9 Å². The summed E-state index contributed by atoms with van der Waals surface area (Å²) in [4.78, 5) is 12.4. The average molecular weight is 264 g/mol. The maximum Gasteiger partial charge on any atom is 0.202 e. The fourth-order valence-electron chi connectivity index (χ4n) is 2.37. The van der Waals surface area contributed by atoms with Crippen LogP contribution in [0.25, 0.3) is 11.0 Å². The molecule has 0 aliphatic heterocycles. The van der Waals surface area contributed by atoms with Gasteiger partial charge in [0.05, 0.1) is 0 Å². The van der Waals surface area contributed by atoms with Gasteiger partial charge in [-0.15, -0.1) is 0 Å². The summed E-state index contributed by atoms with van der Waals surface area (Å²) in [6, 6.07) is 15.7. The van der Waals surface area contributed by atoms with Gasteiger partial charge in [0.2, 0.25) is 5.78 Å². The minimum absolute atomic E-state index is 0.0231. The third kappa shape index (κ3) is 2.37. The van der Waals surface area contributed by atoms with Crippen molar-refractivity contribution in [2.75, 3.05) is 0 Å². The van der Waals surface area contributed by atoms with E-state index in [1.54, 1.807) is 0 Å². The van der Waals surface area contributed by atoms with Crippen molar-refractivity contribution in [3.8, 4) is 0 Å². The van der Waals surface area contributed by atoms with E-state index >= 15 is 0 Å². The molecule has 0 radical (unpaired) electrons. The Hall–Kier alpha value is -2.35. The minimum atomic E-state index is 0.0231. The summed E-state index contributed by atoms with van der Waals surface area (Å²) < 4.78 is 5.62. The number of ketones is 1. The van der Waals surface area contributed by atoms with E-state index in [9.17, 15) is 4.79 Å². The normalized spacial score (nSPS) is 10.9. The van der Waals surface area contributed by atoms with Crippen molar-refractivity contribution in [3.05, 3.63) is 71.0 Å². The first-order valence-electron chi connectivity index (χ1n) is 6.71.